The molecule has 0 unspecified atom stereocenters. The summed E-state index contributed by atoms with van der Waals surface area (Å²) in [5, 5.41) is 6.73. The fourth-order valence-electron chi connectivity index (χ4n) is 2.65. The lowest BCUT2D eigenvalue weighted by atomic mass is 10.1. The maximum Gasteiger partial charge on any atom is 0.231 e. The van der Waals surface area contributed by atoms with Crippen LogP contribution in [0.4, 0.5) is 0 Å². The van der Waals surface area contributed by atoms with Crippen LogP contribution in [0.3, 0.4) is 0 Å². The van der Waals surface area contributed by atoms with Crippen LogP contribution in [-0.2, 0) is 6.42 Å². The lowest BCUT2D eigenvalue weighted by molar-refractivity contribution is 0.174. The second kappa shape index (κ2) is 9.20. The Bertz CT molecular complexity index is 533. The second-order valence-corrected chi connectivity index (χ2v) is 5.95. The van der Waals surface area contributed by atoms with E-state index in [4.69, 9.17) is 9.47 Å². The summed E-state index contributed by atoms with van der Waals surface area (Å²) in [7, 11) is 1.82. The van der Waals surface area contributed by atoms with Crippen molar-refractivity contribution in [2.24, 2.45) is 10.9 Å². The van der Waals surface area contributed by atoms with Gasteiger partial charge in [0.2, 0.25) is 6.79 Å². The van der Waals surface area contributed by atoms with Gasteiger partial charge in [0.05, 0.1) is 0 Å². The number of guanidine groups is 1. The normalized spacial score (nSPS) is 16.0. The van der Waals surface area contributed by atoms with Crippen LogP contribution >= 0.6 is 24.0 Å². The number of ether oxygens (including phenoxy) is 2. The number of benzene rings is 1. The molecule has 6 heteroatoms. The third-order valence-electron chi connectivity index (χ3n) is 4.15. The van der Waals surface area contributed by atoms with Gasteiger partial charge in [-0.2, -0.15) is 0 Å². The van der Waals surface area contributed by atoms with Crippen molar-refractivity contribution in [3.05, 3.63) is 23.8 Å². The van der Waals surface area contributed by atoms with E-state index in [1.165, 1.54) is 31.2 Å². The molecule has 1 aromatic rings. The number of rotatable bonds is 7. The quantitative estimate of drug-likeness (QED) is 0.302. The Morgan fingerprint density at radius 3 is 2.74 bits per heavy atom. The number of fused-ring (bicyclic) bond motifs is 1. The molecule has 0 atom stereocenters. The monoisotopic (exact) mass is 431 g/mol. The molecule has 23 heavy (non-hydrogen) atoms. The van der Waals surface area contributed by atoms with Gasteiger partial charge in [-0.25, -0.2) is 0 Å². The molecule has 128 valence electrons. The predicted molar refractivity (Wildman–Crippen MR) is 103 cm³/mol. The minimum atomic E-state index is 0. The Labute approximate surface area is 155 Å². The topological polar surface area (TPSA) is 54.9 Å². The first-order chi connectivity index (χ1) is 10.8. The van der Waals surface area contributed by atoms with Gasteiger partial charge in [-0.15, -0.1) is 24.0 Å². The van der Waals surface area contributed by atoms with Gasteiger partial charge in [0, 0.05) is 20.1 Å². The van der Waals surface area contributed by atoms with E-state index in [1.807, 2.05) is 13.1 Å². The highest BCUT2D eigenvalue weighted by Crippen LogP contribution is 2.33. The summed E-state index contributed by atoms with van der Waals surface area (Å²) in [6.45, 7) is 2.18. The highest BCUT2D eigenvalue weighted by atomic mass is 127. The number of nitrogens with one attached hydrogen (secondary N) is 2. The van der Waals surface area contributed by atoms with Gasteiger partial charge in [0.25, 0.3) is 0 Å². The largest absolute Gasteiger partial charge is 0.454 e. The van der Waals surface area contributed by atoms with Crippen LogP contribution in [0.5, 0.6) is 11.5 Å². The van der Waals surface area contributed by atoms with E-state index in [1.54, 1.807) is 0 Å². The van der Waals surface area contributed by atoms with E-state index in [9.17, 15) is 0 Å². The maximum atomic E-state index is 5.40. The molecule has 1 aromatic carbocycles. The van der Waals surface area contributed by atoms with Crippen molar-refractivity contribution in [3.63, 3.8) is 0 Å². The van der Waals surface area contributed by atoms with Crippen molar-refractivity contribution in [1.82, 2.24) is 10.6 Å². The smallest absolute Gasteiger partial charge is 0.231 e. The molecule has 1 fully saturated rings. The van der Waals surface area contributed by atoms with Crippen molar-refractivity contribution in [1.29, 1.82) is 0 Å². The molecular weight excluding hydrogens is 405 g/mol. The Morgan fingerprint density at radius 1 is 1.17 bits per heavy atom. The van der Waals surface area contributed by atoms with E-state index in [0.29, 0.717) is 6.79 Å². The molecule has 2 aliphatic rings. The molecule has 1 aliphatic heterocycles. The molecule has 0 aromatic heterocycles. The van der Waals surface area contributed by atoms with Gasteiger partial charge in [0.15, 0.2) is 17.5 Å². The molecule has 1 heterocycles. The third-order valence-corrected chi connectivity index (χ3v) is 4.15. The average molecular weight is 431 g/mol. The van der Waals surface area contributed by atoms with E-state index in [-0.39, 0.29) is 24.0 Å². The Kier molecular flexibility index (Phi) is 7.26. The fourth-order valence-corrected chi connectivity index (χ4v) is 2.65. The fraction of sp³-hybridized carbons (Fsp3) is 0.588. The van der Waals surface area contributed by atoms with Crippen LogP contribution in [0.1, 0.15) is 31.2 Å². The van der Waals surface area contributed by atoms with E-state index in [2.05, 4.69) is 27.8 Å². The minimum absolute atomic E-state index is 0. The highest BCUT2D eigenvalue weighted by molar-refractivity contribution is 14.0. The molecule has 0 spiro atoms. The summed E-state index contributed by atoms with van der Waals surface area (Å²) in [6, 6.07) is 6.11. The van der Waals surface area contributed by atoms with Crippen molar-refractivity contribution < 1.29 is 9.47 Å². The first kappa shape index (κ1) is 18.2. The highest BCUT2D eigenvalue weighted by Gasteiger charge is 2.20. The van der Waals surface area contributed by atoms with Gasteiger partial charge in [-0.1, -0.05) is 18.9 Å². The Morgan fingerprint density at radius 2 is 1.96 bits per heavy atom. The zero-order valence-corrected chi connectivity index (χ0v) is 16.0. The molecule has 0 radical (unpaired) electrons. The van der Waals surface area contributed by atoms with Crippen LogP contribution in [0, 0.1) is 5.92 Å². The van der Waals surface area contributed by atoms with Gasteiger partial charge >= 0.3 is 0 Å². The van der Waals surface area contributed by atoms with Crippen LogP contribution in [0.15, 0.2) is 23.2 Å². The van der Waals surface area contributed by atoms with Crippen LogP contribution in [0.25, 0.3) is 0 Å². The number of halogens is 1. The average Bonchev–Trinajstić information content (AvgIpc) is 3.25. The number of aliphatic imine (C=N–C) groups is 1. The molecule has 1 aliphatic carbocycles. The lowest BCUT2D eigenvalue weighted by Gasteiger charge is -2.12. The number of hydrogen-bond acceptors (Lipinski definition) is 3. The van der Waals surface area contributed by atoms with Crippen molar-refractivity contribution in [2.45, 2.75) is 32.1 Å². The van der Waals surface area contributed by atoms with E-state index < -0.39 is 0 Å². The molecule has 0 saturated heterocycles. The van der Waals surface area contributed by atoms with Gasteiger partial charge in [-0.05, 0) is 42.9 Å². The molecule has 1 saturated carbocycles. The third kappa shape index (κ3) is 5.75. The van der Waals surface area contributed by atoms with Crippen LogP contribution in [0.2, 0.25) is 0 Å². The minimum Gasteiger partial charge on any atom is -0.454 e. The molecule has 0 amide bonds. The summed E-state index contributed by atoms with van der Waals surface area (Å²) >= 11 is 0. The summed E-state index contributed by atoms with van der Waals surface area (Å²) in [5.41, 5.74) is 1.24. The SMILES string of the molecule is CN=C(NCCCC1CC1)NCCc1ccc2c(c1)OCO2.I. The zero-order chi connectivity index (χ0) is 15.2. The van der Waals surface area contributed by atoms with E-state index >= 15 is 0 Å². The maximum absolute atomic E-state index is 5.40. The van der Waals surface area contributed by atoms with Crippen LogP contribution in [-0.4, -0.2) is 32.9 Å². The van der Waals surface area contributed by atoms with E-state index in [0.717, 1.165) is 42.9 Å². The zero-order valence-electron chi connectivity index (χ0n) is 13.6. The molecule has 5 nitrogen and oxygen atoms in total. The van der Waals surface area contributed by atoms with Gasteiger partial charge < -0.3 is 20.1 Å². The second-order valence-electron chi connectivity index (χ2n) is 5.95. The lowest BCUT2D eigenvalue weighted by Crippen LogP contribution is -2.38. The molecular formula is C17H26IN3O2. The van der Waals surface area contributed by atoms with Crippen molar-refractivity contribution in [3.8, 4) is 11.5 Å². The molecule has 0 bridgehead atoms. The van der Waals surface area contributed by atoms with Crippen molar-refractivity contribution >= 4 is 29.9 Å². The van der Waals surface area contributed by atoms with Gasteiger partial charge in [-0.3, -0.25) is 4.99 Å². The van der Waals surface area contributed by atoms with Crippen LogP contribution < -0.4 is 20.1 Å². The Balaban J connectivity index is 0.00000192. The standard InChI is InChI=1S/C17H25N3O2.HI/c1-18-17(19-9-2-3-13-4-5-13)20-10-8-14-6-7-15-16(11-14)22-12-21-15;/h6-7,11,13H,2-5,8-10,12H2,1H3,(H2,18,19,20);1H. The Hall–Kier alpha value is -1.18. The van der Waals surface area contributed by atoms with Gasteiger partial charge in [0.1, 0.15) is 0 Å². The predicted octanol–water partition coefficient (Wildman–Crippen LogP) is 2.93. The number of nitrogens with zero attached hydrogens (tertiary/aromatic N) is 1. The summed E-state index contributed by atoms with van der Waals surface area (Å²) < 4.78 is 10.7. The summed E-state index contributed by atoms with van der Waals surface area (Å²) in [6.07, 6.45) is 6.37. The van der Waals surface area contributed by atoms with Crippen molar-refractivity contribution in [2.75, 3.05) is 26.9 Å². The first-order valence-corrected chi connectivity index (χ1v) is 8.18. The molecule has 2 N–H and O–H groups in total. The summed E-state index contributed by atoms with van der Waals surface area (Å²) in [5.74, 6) is 3.57. The molecule has 3 rings (SSSR count). The number of hydrogen-bond donors (Lipinski definition) is 2. The first-order valence-electron chi connectivity index (χ1n) is 8.18. The summed E-state index contributed by atoms with van der Waals surface area (Å²) in [4.78, 5) is 4.26.